The molecule has 6 heteroatoms. The fourth-order valence-corrected chi connectivity index (χ4v) is 2.65. The Hall–Kier alpha value is -1.40. The largest absolute Gasteiger partial charge is 0.283 e. The van der Waals surface area contributed by atoms with E-state index in [2.05, 4.69) is 0 Å². The lowest BCUT2D eigenvalue weighted by atomic mass is 10.1. The van der Waals surface area contributed by atoms with Crippen LogP contribution in [0.15, 0.2) is 23.1 Å². The van der Waals surface area contributed by atoms with Crippen LogP contribution in [0.25, 0.3) is 0 Å². The van der Waals surface area contributed by atoms with E-state index in [0.29, 0.717) is 0 Å². The lowest BCUT2D eigenvalue weighted by Gasteiger charge is -2.05. The maximum atomic E-state index is 11.5. The minimum atomic E-state index is -3.79. The summed E-state index contributed by atoms with van der Waals surface area (Å²) in [6.07, 6.45) is 0. The van der Waals surface area contributed by atoms with Gasteiger partial charge in [0.25, 0.3) is 15.9 Å². The van der Waals surface area contributed by atoms with Crippen molar-refractivity contribution < 1.29 is 13.2 Å². The van der Waals surface area contributed by atoms with Crippen LogP contribution in [-0.4, -0.2) is 18.7 Å². The Morgan fingerprint density at radius 3 is 2.64 bits per heavy atom. The third kappa shape index (κ3) is 0.978. The van der Waals surface area contributed by atoms with Gasteiger partial charge in [0.2, 0.25) is 0 Å². The van der Waals surface area contributed by atoms with Gasteiger partial charge in [0.15, 0.2) is 0 Å². The van der Waals surface area contributed by atoms with Crippen LogP contribution in [0.5, 0.6) is 0 Å². The van der Waals surface area contributed by atoms with E-state index in [9.17, 15) is 13.2 Å². The summed E-state index contributed by atoms with van der Waals surface area (Å²) in [5.41, 5.74) is 0.911. The molecule has 2 N–H and O–H groups in total. The van der Waals surface area contributed by atoms with Gasteiger partial charge in [0.1, 0.15) is 4.90 Å². The van der Waals surface area contributed by atoms with E-state index in [1.54, 1.807) is 13.0 Å². The van der Waals surface area contributed by atoms with Gasteiger partial charge in [-0.25, -0.2) is 5.84 Å². The highest BCUT2D eigenvalue weighted by Gasteiger charge is 2.39. The van der Waals surface area contributed by atoms with Crippen molar-refractivity contribution in [2.75, 3.05) is 0 Å². The number of fused-ring (bicyclic) bond motifs is 1. The van der Waals surface area contributed by atoms with Gasteiger partial charge in [-0.05, 0) is 24.6 Å². The van der Waals surface area contributed by atoms with E-state index in [1.807, 2.05) is 0 Å². The number of rotatable bonds is 0. The van der Waals surface area contributed by atoms with Crippen molar-refractivity contribution in [1.82, 2.24) is 4.41 Å². The van der Waals surface area contributed by atoms with E-state index in [1.165, 1.54) is 12.1 Å². The zero-order chi connectivity index (χ0) is 10.5. The average Bonchev–Trinajstić information content (AvgIpc) is 2.29. The molecule has 0 atom stereocenters. The number of carbonyl (C=O) groups is 1. The molecule has 14 heavy (non-hydrogen) atoms. The molecule has 2 rings (SSSR count). The second-order valence-electron chi connectivity index (χ2n) is 3.11. The van der Waals surface area contributed by atoms with Gasteiger partial charge < -0.3 is 0 Å². The molecule has 0 bridgehead atoms. The number of benzene rings is 1. The molecule has 0 aliphatic carbocycles. The summed E-state index contributed by atoms with van der Waals surface area (Å²) in [4.78, 5) is 11.3. The number of nitrogens with zero attached hydrogens (tertiary/aromatic N) is 1. The van der Waals surface area contributed by atoms with Crippen molar-refractivity contribution in [2.24, 2.45) is 5.84 Å². The Morgan fingerprint density at radius 2 is 2.00 bits per heavy atom. The predicted molar refractivity (Wildman–Crippen MR) is 48.7 cm³/mol. The minimum absolute atomic E-state index is 0.00926. The van der Waals surface area contributed by atoms with Crippen LogP contribution in [0.1, 0.15) is 15.9 Å². The van der Waals surface area contributed by atoms with E-state index in [-0.39, 0.29) is 14.9 Å². The fourth-order valence-electron chi connectivity index (χ4n) is 1.35. The Labute approximate surface area is 81.1 Å². The molecular weight excluding hydrogens is 204 g/mol. The Morgan fingerprint density at radius 1 is 1.36 bits per heavy atom. The van der Waals surface area contributed by atoms with Crippen molar-refractivity contribution in [3.8, 4) is 0 Å². The summed E-state index contributed by atoms with van der Waals surface area (Å²) in [6, 6.07) is 4.58. The highest BCUT2D eigenvalue weighted by atomic mass is 32.2. The van der Waals surface area contributed by atoms with Crippen LogP contribution in [-0.2, 0) is 10.0 Å². The van der Waals surface area contributed by atoms with Gasteiger partial charge in [-0.1, -0.05) is 6.07 Å². The van der Waals surface area contributed by atoms with Crippen LogP contribution < -0.4 is 5.84 Å². The van der Waals surface area contributed by atoms with E-state index in [0.717, 1.165) is 5.56 Å². The van der Waals surface area contributed by atoms with Gasteiger partial charge in [-0.15, -0.1) is 0 Å². The van der Waals surface area contributed by atoms with Gasteiger partial charge in [-0.2, -0.15) is 12.8 Å². The molecule has 0 saturated carbocycles. The van der Waals surface area contributed by atoms with E-state index in [4.69, 9.17) is 5.84 Å². The average molecular weight is 212 g/mol. The van der Waals surface area contributed by atoms with Gasteiger partial charge in [-0.3, -0.25) is 4.79 Å². The monoisotopic (exact) mass is 212 g/mol. The third-order valence-corrected chi connectivity index (χ3v) is 3.68. The number of amides is 1. The summed E-state index contributed by atoms with van der Waals surface area (Å²) in [5.74, 6) is 4.47. The van der Waals surface area contributed by atoms with Crippen molar-refractivity contribution in [1.29, 1.82) is 0 Å². The molecule has 1 aromatic rings. The van der Waals surface area contributed by atoms with Crippen LogP contribution in [0.3, 0.4) is 0 Å². The smallest absolute Gasteiger partial charge is 0.266 e. The molecule has 0 radical (unpaired) electrons. The first-order chi connectivity index (χ1) is 6.44. The molecule has 0 saturated heterocycles. The maximum Gasteiger partial charge on any atom is 0.283 e. The number of sulfonamides is 1. The van der Waals surface area contributed by atoms with E-state index >= 15 is 0 Å². The van der Waals surface area contributed by atoms with Crippen LogP contribution >= 0.6 is 0 Å². The number of carbonyl (C=O) groups excluding carboxylic acids is 1. The topological polar surface area (TPSA) is 80.5 Å². The molecule has 74 valence electrons. The first kappa shape index (κ1) is 9.17. The number of nitrogens with two attached hydrogens (primary N) is 1. The molecule has 0 unspecified atom stereocenters. The highest BCUT2D eigenvalue weighted by Crippen LogP contribution is 2.28. The molecule has 1 aliphatic heterocycles. The Balaban J connectivity index is 2.82. The van der Waals surface area contributed by atoms with Gasteiger partial charge in [0, 0.05) is 0 Å². The Kier molecular flexibility index (Phi) is 1.67. The summed E-state index contributed by atoms with van der Waals surface area (Å²) in [5, 5.41) is 0. The zero-order valence-electron chi connectivity index (χ0n) is 7.39. The van der Waals surface area contributed by atoms with Gasteiger partial charge in [0.05, 0.1) is 5.56 Å². The lowest BCUT2D eigenvalue weighted by molar-refractivity contribution is 0.0871. The normalized spacial score (nSPS) is 18.4. The fraction of sp³-hybridized carbons (Fsp3) is 0.125. The summed E-state index contributed by atoms with van der Waals surface area (Å²) in [7, 11) is -3.79. The molecule has 5 nitrogen and oxygen atoms in total. The first-order valence-electron chi connectivity index (χ1n) is 3.89. The number of hydrogen-bond acceptors (Lipinski definition) is 4. The SMILES string of the molecule is Cc1ccc2c(c1)S(=O)(=O)N(N)C2=O. The van der Waals surface area contributed by atoms with Crippen LogP contribution in [0.2, 0.25) is 0 Å². The van der Waals surface area contributed by atoms with Gasteiger partial charge >= 0.3 is 0 Å². The molecule has 1 heterocycles. The molecule has 0 fully saturated rings. The van der Waals surface area contributed by atoms with E-state index < -0.39 is 15.9 Å². The molecular formula is C8H8N2O3S. The minimum Gasteiger partial charge on any atom is -0.266 e. The maximum absolute atomic E-state index is 11.5. The quantitative estimate of drug-likeness (QED) is 0.485. The zero-order valence-corrected chi connectivity index (χ0v) is 8.21. The summed E-state index contributed by atoms with van der Waals surface area (Å²) < 4.78 is 23.3. The first-order valence-corrected chi connectivity index (χ1v) is 5.33. The van der Waals surface area contributed by atoms with Crippen molar-refractivity contribution in [3.63, 3.8) is 0 Å². The number of hydrogen-bond donors (Lipinski definition) is 1. The molecule has 0 spiro atoms. The second-order valence-corrected chi connectivity index (χ2v) is 4.89. The summed E-state index contributed by atoms with van der Waals surface area (Å²) in [6.45, 7) is 1.75. The standard InChI is InChI=1S/C8H8N2O3S/c1-5-2-3-6-7(4-5)14(12,13)10(9)8(6)11/h2-4H,9H2,1H3. The Bertz CT molecular complexity index is 521. The second kappa shape index (κ2) is 2.55. The number of aryl methyl sites for hydroxylation is 1. The van der Waals surface area contributed by atoms with Crippen molar-refractivity contribution >= 4 is 15.9 Å². The van der Waals surface area contributed by atoms with Crippen molar-refractivity contribution in [3.05, 3.63) is 29.3 Å². The van der Waals surface area contributed by atoms with Crippen LogP contribution in [0.4, 0.5) is 0 Å². The molecule has 1 aliphatic rings. The van der Waals surface area contributed by atoms with Crippen LogP contribution in [0, 0.1) is 6.92 Å². The molecule has 1 aromatic carbocycles. The number of hydrazine groups is 1. The predicted octanol–water partition coefficient (Wildman–Crippen LogP) is 0.0132. The summed E-state index contributed by atoms with van der Waals surface area (Å²) >= 11 is 0. The lowest BCUT2D eigenvalue weighted by Crippen LogP contribution is -2.36. The third-order valence-electron chi connectivity index (χ3n) is 2.10. The van der Waals surface area contributed by atoms with Crippen molar-refractivity contribution in [2.45, 2.75) is 11.8 Å². The molecule has 0 aromatic heterocycles. The molecule has 1 amide bonds. The highest BCUT2D eigenvalue weighted by molar-refractivity contribution is 7.90.